The van der Waals surface area contributed by atoms with Crippen molar-refractivity contribution in [2.45, 2.75) is 26.2 Å². The maximum atomic E-state index is 9.77. The average molecular weight is 206 g/mol. The second kappa shape index (κ2) is 4.23. The van der Waals surface area contributed by atoms with Gasteiger partial charge in [0.2, 0.25) is 0 Å². The van der Waals surface area contributed by atoms with Crippen molar-refractivity contribution in [1.82, 2.24) is 0 Å². The highest BCUT2D eigenvalue weighted by molar-refractivity contribution is 5.41. The smallest absolute Gasteiger partial charge is 0.119 e. The van der Waals surface area contributed by atoms with Crippen molar-refractivity contribution in [2.24, 2.45) is 11.8 Å². The number of phenols is 1. The minimum atomic E-state index is 0.244. The second-order valence-electron chi connectivity index (χ2n) is 4.58. The maximum absolute atomic E-state index is 9.77. The molecule has 0 amide bonds. The highest BCUT2D eigenvalue weighted by Crippen LogP contribution is 2.34. The molecule has 2 nitrogen and oxygen atoms in total. The molecular weight excluding hydrogens is 188 g/mol. The van der Waals surface area contributed by atoms with E-state index in [9.17, 15) is 5.11 Å². The summed E-state index contributed by atoms with van der Waals surface area (Å²) in [5, 5.41) is 18.9. The van der Waals surface area contributed by atoms with E-state index in [-0.39, 0.29) is 6.61 Å². The monoisotopic (exact) mass is 206 g/mol. The predicted octanol–water partition coefficient (Wildman–Crippen LogP) is 2.13. The van der Waals surface area contributed by atoms with Crippen LogP contribution in [0.3, 0.4) is 0 Å². The van der Waals surface area contributed by atoms with Gasteiger partial charge in [0.05, 0.1) is 0 Å². The number of hydrogen-bond donors (Lipinski definition) is 2. The summed E-state index contributed by atoms with van der Waals surface area (Å²) in [6.07, 6.45) is 3.06. The number of aliphatic hydroxyl groups is 1. The van der Waals surface area contributed by atoms with E-state index >= 15 is 0 Å². The molecule has 1 aliphatic carbocycles. The minimum absolute atomic E-state index is 0.244. The summed E-state index contributed by atoms with van der Waals surface area (Å²) in [4.78, 5) is 0. The lowest BCUT2D eigenvalue weighted by Gasteiger charge is -2.28. The zero-order valence-electron chi connectivity index (χ0n) is 9.11. The van der Waals surface area contributed by atoms with Gasteiger partial charge in [-0.05, 0) is 48.3 Å². The van der Waals surface area contributed by atoms with Crippen LogP contribution in [0.1, 0.15) is 24.5 Å². The number of phenolic OH excluding ortho intramolecular Hbond substituents is 1. The number of hydrogen-bond acceptors (Lipinski definition) is 2. The Bertz CT molecular complexity index is 346. The number of fused-ring (bicyclic) bond motifs is 1. The number of aromatic hydroxyl groups is 1. The standard InChI is InChI=1S/C13H18O2/c1-9(8-14)11-6-5-10-3-2-4-13(15)12(10)7-11/h2-4,9,11,14-15H,5-8H2,1H3. The summed E-state index contributed by atoms with van der Waals surface area (Å²) in [5.41, 5.74) is 2.37. The van der Waals surface area contributed by atoms with Gasteiger partial charge >= 0.3 is 0 Å². The molecule has 0 saturated heterocycles. The lowest BCUT2D eigenvalue weighted by Crippen LogP contribution is -2.23. The molecule has 0 radical (unpaired) electrons. The van der Waals surface area contributed by atoms with Crippen LogP contribution < -0.4 is 0 Å². The van der Waals surface area contributed by atoms with Crippen molar-refractivity contribution < 1.29 is 10.2 Å². The predicted molar refractivity (Wildman–Crippen MR) is 59.9 cm³/mol. The van der Waals surface area contributed by atoms with Crippen LogP contribution in [0.25, 0.3) is 0 Å². The Morgan fingerprint density at radius 3 is 3.00 bits per heavy atom. The second-order valence-corrected chi connectivity index (χ2v) is 4.58. The number of aliphatic hydroxyl groups excluding tert-OH is 1. The van der Waals surface area contributed by atoms with E-state index in [4.69, 9.17) is 5.11 Å². The third kappa shape index (κ3) is 2.00. The average Bonchev–Trinajstić information content (AvgIpc) is 2.28. The van der Waals surface area contributed by atoms with E-state index in [2.05, 4.69) is 13.0 Å². The molecule has 0 fully saturated rings. The Morgan fingerprint density at radius 1 is 1.47 bits per heavy atom. The number of aryl methyl sites for hydroxylation is 1. The van der Waals surface area contributed by atoms with E-state index in [0.29, 0.717) is 17.6 Å². The lowest BCUT2D eigenvalue weighted by molar-refractivity contribution is 0.177. The Balaban J connectivity index is 2.22. The molecule has 2 unspecified atom stereocenters. The zero-order chi connectivity index (χ0) is 10.8. The van der Waals surface area contributed by atoms with Gasteiger partial charge in [-0.25, -0.2) is 0 Å². The summed E-state index contributed by atoms with van der Waals surface area (Å²) in [5.74, 6) is 1.26. The molecule has 2 heteroatoms. The zero-order valence-corrected chi connectivity index (χ0v) is 9.11. The van der Waals surface area contributed by atoms with E-state index in [1.807, 2.05) is 6.07 Å². The van der Waals surface area contributed by atoms with Gasteiger partial charge in [-0.15, -0.1) is 0 Å². The molecule has 2 rings (SSSR count). The first-order valence-corrected chi connectivity index (χ1v) is 5.63. The molecule has 1 aliphatic rings. The topological polar surface area (TPSA) is 40.5 Å². The van der Waals surface area contributed by atoms with Crippen LogP contribution in [-0.4, -0.2) is 16.8 Å². The van der Waals surface area contributed by atoms with Crippen molar-refractivity contribution in [3.8, 4) is 5.75 Å². The van der Waals surface area contributed by atoms with Crippen molar-refractivity contribution in [2.75, 3.05) is 6.61 Å². The Morgan fingerprint density at radius 2 is 2.27 bits per heavy atom. The van der Waals surface area contributed by atoms with Gasteiger partial charge in [-0.1, -0.05) is 19.1 Å². The highest BCUT2D eigenvalue weighted by Gasteiger charge is 2.24. The molecule has 15 heavy (non-hydrogen) atoms. The van der Waals surface area contributed by atoms with Gasteiger partial charge < -0.3 is 10.2 Å². The van der Waals surface area contributed by atoms with Gasteiger partial charge in [0.25, 0.3) is 0 Å². The largest absolute Gasteiger partial charge is 0.508 e. The molecule has 0 saturated carbocycles. The number of rotatable bonds is 2. The van der Waals surface area contributed by atoms with Gasteiger partial charge in [-0.2, -0.15) is 0 Å². The molecule has 2 N–H and O–H groups in total. The number of benzene rings is 1. The maximum Gasteiger partial charge on any atom is 0.119 e. The lowest BCUT2D eigenvalue weighted by atomic mass is 9.77. The first-order chi connectivity index (χ1) is 7.22. The molecule has 1 aromatic rings. The molecule has 82 valence electrons. The third-order valence-electron chi connectivity index (χ3n) is 3.59. The van der Waals surface area contributed by atoms with Crippen LogP contribution in [0.4, 0.5) is 0 Å². The van der Waals surface area contributed by atoms with Crippen LogP contribution in [-0.2, 0) is 12.8 Å². The van der Waals surface area contributed by atoms with Crippen LogP contribution in [0, 0.1) is 11.8 Å². The fourth-order valence-electron chi connectivity index (χ4n) is 2.43. The van der Waals surface area contributed by atoms with Crippen molar-refractivity contribution in [3.05, 3.63) is 29.3 Å². The van der Waals surface area contributed by atoms with E-state index in [1.165, 1.54) is 5.56 Å². The minimum Gasteiger partial charge on any atom is -0.508 e. The van der Waals surface area contributed by atoms with Crippen molar-refractivity contribution in [1.29, 1.82) is 0 Å². The molecular formula is C13H18O2. The van der Waals surface area contributed by atoms with Crippen LogP contribution in [0.5, 0.6) is 5.75 Å². The Labute approximate surface area is 90.6 Å². The Hall–Kier alpha value is -1.02. The van der Waals surface area contributed by atoms with Crippen LogP contribution in [0.15, 0.2) is 18.2 Å². The molecule has 0 aliphatic heterocycles. The molecule has 2 atom stereocenters. The molecule has 0 heterocycles. The summed E-state index contributed by atoms with van der Waals surface area (Å²) < 4.78 is 0. The summed E-state index contributed by atoms with van der Waals surface area (Å²) in [7, 11) is 0. The summed E-state index contributed by atoms with van der Waals surface area (Å²) in [6.45, 7) is 2.32. The van der Waals surface area contributed by atoms with Crippen LogP contribution in [0.2, 0.25) is 0 Å². The SMILES string of the molecule is CC(CO)C1CCc2cccc(O)c2C1. The van der Waals surface area contributed by atoms with E-state index < -0.39 is 0 Å². The van der Waals surface area contributed by atoms with Crippen molar-refractivity contribution >= 4 is 0 Å². The van der Waals surface area contributed by atoms with Gasteiger partial charge in [0, 0.05) is 6.61 Å². The molecule has 0 bridgehead atoms. The molecule has 0 spiro atoms. The van der Waals surface area contributed by atoms with Gasteiger partial charge in [0.15, 0.2) is 0 Å². The highest BCUT2D eigenvalue weighted by atomic mass is 16.3. The fourth-order valence-corrected chi connectivity index (χ4v) is 2.43. The molecule has 0 aromatic heterocycles. The first-order valence-electron chi connectivity index (χ1n) is 5.63. The normalized spacial score (nSPS) is 22.1. The summed E-state index contributed by atoms with van der Waals surface area (Å²) >= 11 is 0. The molecule has 1 aromatic carbocycles. The first kappa shape index (κ1) is 10.5. The summed E-state index contributed by atoms with van der Waals surface area (Å²) in [6, 6.07) is 5.75. The third-order valence-corrected chi connectivity index (χ3v) is 3.59. The fraction of sp³-hybridized carbons (Fsp3) is 0.538. The van der Waals surface area contributed by atoms with Crippen LogP contribution >= 0.6 is 0 Å². The quantitative estimate of drug-likeness (QED) is 0.778. The van der Waals surface area contributed by atoms with E-state index in [1.54, 1.807) is 6.07 Å². The van der Waals surface area contributed by atoms with Gasteiger partial charge in [-0.3, -0.25) is 0 Å². The van der Waals surface area contributed by atoms with Gasteiger partial charge in [0.1, 0.15) is 5.75 Å². The van der Waals surface area contributed by atoms with E-state index in [0.717, 1.165) is 24.8 Å². The Kier molecular flexibility index (Phi) is 2.96. The van der Waals surface area contributed by atoms with Crippen molar-refractivity contribution in [3.63, 3.8) is 0 Å².